The molecule has 0 unspecified atom stereocenters. The summed E-state index contributed by atoms with van der Waals surface area (Å²) < 4.78 is 4.21. The second-order valence-electron chi connectivity index (χ2n) is 4.19. The number of aliphatic hydroxyl groups excluding tert-OH is 1. The monoisotopic (exact) mass is 219 g/mol. The van der Waals surface area contributed by atoms with Crippen molar-refractivity contribution in [2.45, 2.75) is 37.5 Å². The molecule has 0 aliphatic carbocycles. The van der Waals surface area contributed by atoms with Crippen LogP contribution in [0.3, 0.4) is 0 Å². The van der Waals surface area contributed by atoms with E-state index in [1.807, 2.05) is 7.05 Å². The fourth-order valence-corrected chi connectivity index (χ4v) is 2.91. The van der Waals surface area contributed by atoms with Crippen molar-refractivity contribution >= 4 is 17.8 Å². The Kier molecular flexibility index (Phi) is 2.68. The minimum absolute atomic E-state index is 0.0926. The first kappa shape index (κ1) is 10.2. The van der Waals surface area contributed by atoms with E-state index in [1.165, 1.54) is 0 Å². The highest BCUT2D eigenvalue weighted by atomic mass is 35.5. The number of halogens is 1. The lowest BCUT2D eigenvalue weighted by atomic mass is 9.88. The van der Waals surface area contributed by atoms with Crippen LogP contribution in [0.1, 0.15) is 19.3 Å². The van der Waals surface area contributed by atoms with Crippen LogP contribution in [0.15, 0.2) is 0 Å². The molecule has 5 heteroatoms. The maximum absolute atomic E-state index is 11.4. The fourth-order valence-electron chi connectivity index (χ4n) is 2.81. The zero-order chi connectivity index (χ0) is 10.3. The summed E-state index contributed by atoms with van der Waals surface area (Å²) in [5.74, 6) is -0.979. The predicted molar refractivity (Wildman–Crippen MR) is 50.6 cm³/mol. The normalized spacial score (nSPS) is 42.5. The summed E-state index contributed by atoms with van der Waals surface area (Å²) in [5, 5.41) is 9.78. The summed E-state index contributed by atoms with van der Waals surface area (Å²) >= 11 is 5.06. The third-order valence-corrected chi connectivity index (χ3v) is 3.74. The van der Waals surface area contributed by atoms with Gasteiger partial charge in [0.05, 0.1) is 12.0 Å². The maximum Gasteiger partial charge on any atom is 0.331 e. The molecule has 2 bridgehead atoms. The first-order valence-corrected chi connectivity index (χ1v) is 5.18. The van der Waals surface area contributed by atoms with Gasteiger partial charge in [-0.3, -0.25) is 9.69 Å². The second-order valence-corrected chi connectivity index (χ2v) is 4.34. The van der Waals surface area contributed by atoms with Gasteiger partial charge in [-0.25, -0.2) is 0 Å². The van der Waals surface area contributed by atoms with E-state index in [4.69, 9.17) is 11.9 Å². The van der Waals surface area contributed by atoms with Crippen LogP contribution in [-0.2, 0) is 9.08 Å². The number of fused-ring (bicyclic) bond motifs is 2. The lowest BCUT2D eigenvalue weighted by molar-refractivity contribution is -0.148. The first-order chi connectivity index (χ1) is 6.65. The Morgan fingerprint density at radius 2 is 2.29 bits per heavy atom. The molecule has 2 rings (SSSR count). The topological polar surface area (TPSA) is 49.8 Å². The highest BCUT2D eigenvalue weighted by molar-refractivity contribution is 6.13. The Morgan fingerprint density at radius 1 is 1.57 bits per heavy atom. The van der Waals surface area contributed by atoms with E-state index in [9.17, 15) is 9.90 Å². The molecule has 2 aliphatic heterocycles. The molecule has 0 amide bonds. The van der Waals surface area contributed by atoms with E-state index < -0.39 is 18.0 Å². The molecule has 14 heavy (non-hydrogen) atoms. The Morgan fingerprint density at radius 3 is 2.93 bits per heavy atom. The summed E-state index contributed by atoms with van der Waals surface area (Å²) in [6.45, 7) is 0. The van der Waals surface area contributed by atoms with Crippen molar-refractivity contribution in [1.82, 2.24) is 4.90 Å². The van der Waals surface area contributed by atoms with Crippen LogP contribution < -0.4 is 0 Å². The van der Waals surface area contributed by atoms with Crippen LogP contribution in [0, 0.1) is 5.92 Å². The molecule has 2 fully saturated rings. The van der Waals surface area contributed by atoms with E-state index in [0.717, 1.165) is 12.8 Å². The molecule has 4 nitrogen and oxygen atoms in total. The molecule has 2 aliphatic rings. The maximum atomic E-state index is 11.4. The number of carbonyl (C=O) groups excluding carboxylic acids is 1. The third-order valence-electron chi connectivity index (χ3n) is 3.59. The van der Waals surface area contributed by atoms with Gasteiger partial charge in [-0.05, 0) is 26.3 Å². The lowest BCUT2D eigenvalue weighted by Gasteiger charge is -2.38. The average molecular weight is 220 g/mol. The molecule has 0 saturated carbocycles. The smallest absolute Gasteiger partial charge is 0.331 e. The van der Waals surface area contributed by atoms with Gasteiger partial charge in [0.25, 0.3) is 0 Å². The van der Waals surface area contributed by atoms with E-state index >= 15 is 0 Å². The van der Waals surface area contributed by atoms with Gasteiger partial charge >= 0.3 is 5.97 Å². The minimum Gasteiger partial charge on any atom is -0.392 e. The second kappa shape index (κ2) is 3.68. The van der Waals surface area contributed by atoms with Crippen molar-refractivity contribution in [3.8, 4) is 0 Å². The molecule has 1 N–H and O–H groups in total. The molecule has 0 aromatic carbocycles. The number of nitrogens with zero attached hydrogens (tertiary/aromatic N) is 1. The van der Waals surface area contributed by atoms with E-state index in [-0.39, 0.29) is 6.04 Å². The number of carbonyl (C=O) groups is 1. The summed E-state index contributed by atoms with van der Waals surface area (Å²) in [6, 6.07) is 0.504. The highest BCUT2D eigenvalue weighted by Crippen LogP contribution is 2.38. The molecule has 0 aromatic heterocycles. The van der Waals surface area contributed by atoms with Crippen molar-refractivity contribution in [3.05, 3.63) is 0 Å². The van der Waals surface area contributed by atoms with Gasteiger partial charge in [-0.1, -0.05) is 0 Å². The molecule has 2 saturated heterocycles. The summed E-state index contributed by atoms with van der Waals surface area (Å²) in [5.41, 5.74) is 0. The first-order valence-electron chi connectivity index (χ1n) is 4.87. The standard InChI is InChI=1S/C9H14ClNO3/c1-11-5-2-3-6(11)8(7(12)4-5)9(13)14-10/h5-8,12H,2-4H2,1H3/t5-,6+,7-,8+/m0/s1. The van der Waals surface area contributed by atoms with Crippen LogP contribution >= 0.6 is 11.9 Å². The fraction of sp³-hybridized carbons (Fsp3) is 0.889. The van der Waals surface area contributed by atoms with Gasteiger partial charge in [-0.2, -0.15) is 0 Å². The Balaban J connectivity index is 2.18. The largest absolute Gasteiger partial charge is 0.392 e. The van der Waals surface area contributed by atoms with Gasteiger partial charge in [0.2, 0.25) is 0 Å². The molecule has 0 radical (unpaired) electrons. The number of hydrogen-bond donors (Lipinski definition) is 1. The number of hydrogen-bond acceptors (Lipinski definition) is 4. The minimum atomic E-state index is -0.602. The van der Waals surface area contributed by atoms with Crippen LogP contribution in [0.5, 0.6) is 0 Å². The molecule has 0 spiro atoms. The number of piperidine rings is 1. The highest BCUT2D eigenvalue weighted by Gasteiger charge is 2.48. The SMILES string of the molecule is CN1[C@H]2CC[C@@H]1[C@@H](C(=O)OCl)[C@@H](O)C2. The Bertz CT molecular complexity index is 248. The van der Waals surface area contributed by atoms with Crippen molar-refractivity contribution in [3.63, 3.8) is 0 Å². The molecule has 4 atom stereocenters. The molecule has 80 valence electrons. The van der Waals surface area contributed by atoms with Gasteiger partial charge in [0, 0.05) is 12.1 Å². The zero-order valence-corrected chi connectivity index (χ0v) is 8.78. The van der Waals surface area contributed by atoms with Crippen molar-refractivity contribution < 1.29 is 14.2 Å². The van der Waals surface area contributed by atoms with E-state index in [0.29, 0.717) is 12.5 Å². The molecule has 0 aromatic rings. The Hall–Kier alpha value is -0.320. The number of rotatable bonds is 1. The van der Waals surface area contributed by atoms with Gasteiger partial charge in [-0.15, -0.1) is 0 Å². The summed E-state index contributed by atoms with van der Waals surface area (Å²) in [7, 11) is 1.99. The summed E-state index contributed by atoms with van der Waals surface area (Å²) in [6.07, 6.45) is 2.03. The molecular formula is C9H14ClNO3. The lowest BCUT2D eigenvalue weighted by Crippen LogP contribution is -2.52. The van der Waals surface area contributed by atoms with Crippen LogP contribution in [0.25, 0.3) is 0 Å². The zero-order valence-electron chi connectivity index (χ0n) is 8.02. The van der Waals surface area contributed by atoms with Crippen LogP contribution in [0.2, 0.25) is 0 Å². The molecular weight excluding hydrogens is 206 g/mol. The Labute approximate surface area is 88.0 Å². The van der Waals surface area contributed by atoms with Gasteiger partial charge in [0.15, 0.2) is 0 Å². The van der Waals surface area contributed by atoms with Crippen molar-refractivity contribution in [2.75, 3.05) is 7.05 Å². The third kappa shape index (κ3) is 1.42. The predicted octanol–water partition coefficient (Wildman–Crippen LogP) is 0.527. The quantitative estimate of drug-likeness (QED) is 0.699. The van der Waals surface area contributed by atoms with Gasteiger partial charge in [0.1, 0.15) is 11.9 Å². The summed E-state index contributed by atoms with van der Waals surface area (Å²) in [4.78, 5) is 13.5. The average Bonchev–Trinajstić information content (AvgIpc) is 2.42. The van der Waals surface area contributed by atoms with Crippen LogP contribution in [-0.4, -0.2) is 41.2 Å². The van der Waals surface area contributed by atoms with Crippen molar-refractivity contribution in [2.24, 2.45) is 5.92 Å². The van der Waals surface area contributed by atoms with E-state index in [1.54, 1.807) is 0 Å². The van der Waals surface area contributed by atoms with Crippen molar-refractivity contribution in [1.29, 1.82) is 0 Å². The molecule has 2 heterocycles. The number of aliphatic hydroxyl groups is 1. The van der Waals surface area contributed by atoms with Gasteiger partial charge < -0.3 is 9.40 Å². The van der Waals surface area contributed by atoms with E-state index in [2.05, 4.69) is 9.19 Å². The van der Waals surface area contributed by atoms with Crippen LogP contribution in [0.4, 0.5) is 0 Å².